The summed E-state index contributed by atoms with van der Waals surface area (Å²) in [5, 5.41) is 5.36. The summed E-state index contributed by atoms with van der Waals surface area (Å²) >= 11 is 1.45. The van der Waals surface area contributed by atoms with Crippen molar-refractivity contribution < 1.29 is 14.3 Å². The number of ether oxygens (including phenoxy) is 1. The molecule has 0 radical (unpaired) electrons. The van der Waals surface area contributed by atoms with Gasteiger partial charge in [-0.25, -0.2) is 0 Å². The van der Waals surface area contributed by atoms with E-state index in [-0.39, 0.29) is 17.1 Å². The fourth-order valence-electron chi connectivity index (χ4n) is 2.55. The Bertz CT molecular complexity index is 958. The fraction of sp³-hybridized carbons (Fsp3) is 0.130. The first-order chi connectivity index (χ1) is 14.0. The Labute approximate surface area is 174 Å². The van der Waals surface area contributed by atoms with Crippen LogP contribution in [0.4, 0.5) is 11.4 Å². The number of rotatable bonds is 7. The number of hydrogen-bond donors (Lipinski definition) is 2. The Morgan fingerprint density at radius 2 is 1.34 bits per heavy atom. The maximum Gasteiger partial charge on any atom is 0.237 e. The molecule has 3 rings (SSSR count). The van der Waals surface area contributed by atoms with Crippen LogP contribution in [0.2, 0.25) is 0 Å². The lowest BCUT2D eigenvalue weighted by molar-refractivity contribution is -0.115. The summed E-state index contributed by atoms with van der Waals surface area (Å²) in [4.78, 5) is 24.5. The highest BCUT2D eigenvalue weighted by molar-refractivity contribution is 8.00. The molecular weight excluding hydrogens is 384 g/mol. The zero-order valence-electron chi connectivity index (χ0n) is 16.2. The van der Waals surface area contributed by atoms with Gasteiger partial charge in [-0.3, -0.25) is 9.59 Å². The minimum absolute atomic E-state index is 0.0855. The SMILES string of the molecule is CC(=O)Nc1ccc(S[C@H](C)C(=O)Nc2ccc(Oc3ccccc3)cc2)cc1. The van der Waals surface area contributed by atoms with E-state index in [1.807, 2.05) is 85.8 Å². The molecule has 0 aliphatic carbocycles. The van der Waals surface area contributed by atoms with E-state index in [2.05, 4.69) is 10.6 Å². The standard InChI is InChI=1S/C23H22N2O3S/c1-16(29-22-14-10-18(11-15-22)24-17(2)26)23(27)25-19-8-12-21(13-9-19)28-20-6-4-3-5-7-20/h3-16H,1-2H3,(H,24,26)(H,25,27)/t16-/m1/s1. The smallest absolute Gasteiger partial charge is 0.237 e. The van der Waals surface area contributed by atoms with Gasteiger partial charge in [-0.2, -0.15) is 0 Å². The Morgan fingerprint density at radius 1 is 0.793 bits per heavy atom. The highest BCUT2D eigenvalue weighted by Gasteiger charge is 2.14. The van der Waals surface area contributed by atoms with E-state index in [1.54, 1.807) is 0 Å². The van der Waals surface area contributed by atoms with Gasteiger partial charge in [-0.05, 0) is 67.6 Å². The molecule has 0 spiro atoms. The average molecular weight is 407 g/mol. The van der Waals surface area contributed by atoms with Crippen LogP contribution in [0.5, 0.6) is 11.5 Å². The van der Waals surface area contributed by atoms with Crippen molar-refractivity contribution in [3.63, 3.8) is 0 Å². The van der Waals surface area contributed by atoms with Crippen LogP contribution in [0.15, 0.2) is 83.8 Å². The van der Waals surface area contributed by atoms with Crippen LogP contribution in [0.25, 0.3) is 0 Å². The number of benzene rings is 3. The van der Waals surface area contributed by atoms with E-state index < -0.39 is 0 Å². The Kier molecular flexibility index (Phi) is 6.92. The molecule has 5 nitrogen and oxygen atoms in total. The van der Waals surface area contributed by atoms with E-state index in [1.165, 1.54) is 18.7 Å². The third-order valence-corrected chi connectivity index (χ3v) is 5.07. The summed E-state index contributed by atoms with van der Waals surface area (Å²) in [5.41, 5.74) is 1.45. The number of hydrogen-bond acceptors (Lipinski definition) is 4. The molecule has 0 bridgehead atoms. The topological polar surface area (TPSA) is 67.4 Å². The Hall–Kier alpha value is -3.25. The average Bonchev–Trinajstić information content (AvgIpc) is 2.71. The van der Waals surface area contributed by atoms with E-state index in [9.17, 15) is 9.59 Å². The number of thioether (sulfide) groups is 1. The van der Waals surface area contributed by atoms with Crippen molar-refractivity contribution in [3.05, 3.63) is 78.9 Å². The molecule has 0 aromatic heterocycles. The minimum atomic E-state index is -0.276. The van der Waals surface area contributed by atoms with Crippen LogP contribution in [-0.4, -0.2) is 17.1 Å². The number of amides is 2. The zero-order valence-corrected chi connectivity index (χ0v) is 17.0. The van der Waals surface area contributed by atoms with Crippen molar-refractivity contribution in [2.75, 3.05) is 10.6 Å². The maximum atomic E-state index is 12.5. The van der Waals surface area contributed by atoms with Crippen LogP contribution >= 0.6 is 11.8 Å². The van der Waals surface area contributed by atoms with Crippen LogP contribution in [0, 0.1) is 0 Å². The number of para-hydroxylation sites is 1. The summed E-state index contributed by atoms with van der Waals surface area (Å²) < 4.78 is 5.76. The van der Waals surface area contributed by atoms with Crippen LogP contribution in [0.3, 0.4) is 0 Å². The Balaban J connectivity index is 1.53. The zero-order chi connectivity index (χ0) is 20.6. The summed E-state index contributed by atoms with van der Waals surface area (Å²) in [5.74, 6) is 1.27. The molecule has 6 heteroatoms. The van der Waals surface area contributed by atoms with Gasteiger partial charge in [0.25, 0.3) is 0 Å². The fourth-order valence-corrected chi connectivity index (χ4v) is 3.42. The van der Waals surface area contributed by atoms with Gasteiger partial charge in [0.15, 0.2) is 0 Å². The van der Waals surface area contributed by atoms with Crippen molar-refractivity contribution in [3.8, 4) is 11.5 Å². The first-order valence-corrected chi connectivity index (χ1v) is 10.1. The molecule has 0 heterocycles. The predicted octanol–water partition coefficient (Wildman–Crippen LogP) is 5.56. The van der Waals surface area contributed by atoms with Gasteiger partial charge in [-0.1, -0.05) is 18.2 Å². The highest BCUT2D eigenvalue weighted by Crippen LogP contribution is 2.26. The van der Waals surface area contributed by atoms with Gasteiger partial charge in [0.1, 0.15) is 11.5 Å². The van der Waals surface area contributed by atoms with Gasteiger partial charge in [0.2, 0.25) is 11.8 Å². The molecule has 3 aromatic carbocycles. The van der Waals surface area contributed by atoms with Crippen LogP contribution in [-0.2, 0) is 9.59 Å². The lowest BCUT2D eigenvalue weighted by atomic mass is 10.3. The van der Waals surface area contributed by atoms with Crippen molar-refractivity contribution in [1.29, 1.82) is 0 Å². The number of nitrogens with one attached hydrogen (secondary N) is 2. The molecule has 2 amide bonds. The van der Waals surface area contributed by atoms with Gasteiger partial charge < -0.3 is 15.4 Å². The minimum Gasteiger partial charge on any atom is -0.457 e. The maximum absolute atomic E-state index is 12.5. The molecule has 2 N–H and O–H groups in total. The summed E-state index contributed by atoms with van der Waals surface area (Å²) in [7, 11) is 0. The number of carbonyl (C=O) groups excluding carboxylic acids is 2. The molecule has 0 aliphatic heterocycles. The lowest BCUT2D eigenvalue weighted by Gasteiger charge is -2.13. The predicted molar refractivity (Wildman–Crippen MR) is 118 cm³/mol. The molecule has 29 heavy (non-hydrogen) atoms. The molecule has 3 aromatic rings. The van der Waals surface area contributed by atoms with Gasteiger partial charge >= 0.3 is 0 Å². The second kappa shape index (κ2) is 9.80. The first kappa shape index (κ1) is 20.5. The van der Waals surface area contributed by atoms with Crippen molar-refractivity contribution in [2.24, 2.45) is 0 Å². The molecule has 0 saturated carbocycles. The molecule has 0 saturated heterocycles. The lowest BCUT2D eigenvalue weighted by Crippen LogP contribution is -2.22. The number of anilines is 2. The van der Waals surface area contributed by atoms with Gasteiger partial charge in [0.05, 0.1) is 5.25 Å². The van der Waals surface area contributed by atoms with Crippen molar-refractivity contribution in [1.82, 2.24) is 0 Å². The summed E-state index contributed by atoms with van der Waals surface area (Å²) in [6, 6.07) is 24.2. The van der Waals surface area contributed by atoms with Gasteiger partial charge in [0, 0.05) is 23.2 Å². The van der Waals surface area contributed by atoms with Crippen molar-refractivity contribution in [2.45, 2.75) is 24.0 Å². The first-order valence-electron chi connectivity index (χ1n) is 9.18. The Morgan fingerprint density at radius 3 is 1.97 bits per heavy atom. The van der Waals surface area contributed by atoms with E-state index in [0.717, 1.165) is 16.3 Å². The quantitative estimate of drug-likeness (QED) is 0.504. The van der Waals surface area contributed by atoms with E-state index in [4.69, 9.17) is 4.74 Å². The molecular formula is C23H22N2O3S. The summed E-state index contributed by atoms with van der Waals surface area (Å²) in [6.07, 6.45) is 0. The van der Waals surface area contributed by atoms with Crippen LogP contribution < -0.4 is 15.4 Å². The second-order valence-electron chi connectivity index (χ2n) is 6.39. The second-order valence-corrected chi connectivity index (χ2v) is 7.81. The molecule has 0 fully saturated rings. The molecule has 0 aliphatic rings. The largest absolute Gasteiger partial charge is 0.457 e. The van der Waals surface area contributed by atoms with Gasteiger partial charge in [-0.15, -0.1) is 11.8 Å². The highest BCUT2D eigenvalue weighted by atomic mass is 32.2. The molecule has 0 unspecified atom stereocenters. The third-order valence-electron chi connectivity index (χ3n) is 3.96. The van der Waals surface area contributed by atoms with Crippen molar-refractivity contribution >= 4 is 35.0 Å². The van der Waals surface area contributed by atoms with E-state index >= 15 is 0 Å². The monoisotopic (exact) mass is 406 g/mol. The number of carbonyl (C=O) groups is 2. The normalized spacial score (nSPS) is 11.4. The summed E-state index contributed by atoms with van der Waals surface area (Å²) in [6.45, 7) is 3.32. The van der Waals surface area contributed by atoms with Crippen LogP contribution in [0.1, 0.15) is 13.8 Å². The third kappa shape index (κ3) is 6.40. The van der Waals surface area contributed by atoms with E-state index in [0.29, 0.717) is 11.4 Å². The molecule has 148 valence electrons. The molecule has 1 atom stereocenters.